The topological polar surface area (TPSA) is 83.8 Å². The Kier molecular flexibility index (Phi) is 4.78. The molecule has 3 rings (SSSR count). The van der Waals surface area contributed by atoms with E-state index in [1.165, 1.54) is 11.3 Å². The molecule has 1 aromatic carbocycles. The van der Waals surface area contributed by atoms with Gasteiger partial charge < -0.3 is 4.57 Å². The fourth-order valence-electron chi connectivity index (χ4n) is 2.56. The molecule has 25 heavy (non-hydrogen) atoms. The minimum atomic E-state index is -0.531. The van der Waals surface area contributed by atoms with Crippen LogP contribution in [0.25, 0.3) is 10.2 Å². The van der Waals surface area contributed by atoms with Gasteiger partial charge in [-0.15, -0.1) is 0 Å². The number of hydrogen-bond acceptors (Lipinski definition) is 5. The highest BCUT2D eigenvalue weighted by atomic mass is 32.1. The summed E-state index contributed by atoms with van der Waals surface area (Å²) in [6.45, 7) is 1.69. The Morgan fingerprint density at radius 3 is 2.68 bits per heavy atom. The van der Waals surface area contributed by atoms with Gasteiger partial charge in [-0.1, -0.05) is 17.4 Å². The molecule has 7 nitrogen and oxygen atoms in total. The molecule has 1 fully saturated rings. The highest BCUT2D eigenvalue weighted by Gasteiger charge is 2.30. The summed E-state index contributed by atoms with van der Waals surface area (Å²) in [4.78, 5) is 40.9. The number of nitrogens with one attached hydrogen (secondary N) is 1. The van der Waals surface area contributed by atoms with E-state index in [4.69, 9.17) is 12.2 Å². The zero-order chi connectivity index (χ0) is 18.1. The van der Waals surface area contributed by atoms with E-state index in [0.29, 0.717) is 4.80 Å². The fourth-order valence-corrected chi connectivity index (χ4v) is 3.95. The molecule has 1 saturated heterocycles. The van der Waals surface area contributed by atoms with E-state index in [1.54, 1.807) is 0 Å². The normalized spacial score (nSPS) is 15.3. The molecule has 0 radical (unpaired) electrons. The van der Waals surface area contributed by atoms with Crippen LogP contribution in [0.3, 0.4) is 0 Å². The lowest BCUT2D eigenvalue weighted by Crippen LogP contribution is -2.41. The number of thiazole rings is 1. The van der Waals surface area contributed by atoms with E-state index < -0.39 is 5.91 Å². The SMILES string of the molecule is Cc1ccc2c(c1)s/c(=N\C(=S)NC(=O)CN1C(=O)CCC1=O)n2C. The van der Waals surface area contributed by atoms with Crippen molar-refractivity contribution in [1.82, 2.24) is 14.8 Å². The van der Waals surface area contributed by atoms with Gasteiger partial charge in [0.1, 0.15) is 6.54 Å². The number of carbonyl (C=O) groups excluding carboxylic acids is 3. The van der Waals surface area contributed by atoms with Crippen LogP contribution in [0.4, 0.5) is 0 Å². The van der Waals surface area contributed by atoms with Crippen molar-refractivity contribution >= 4 is 56.6 Å². The lowest BCUT2D eigenvalue weighted by atomic mass is 10.2. The Morgan fingerprint density at radius 1 is 1.32 bits per heavy atom. The number of carbonyl (C=O) groups is 3. The first-order chi connectivity index (χ1) is 11.8. The van der Waals surface area contributed by atoms with E-state index in [2.05, 4.69) is 16.4 Å². The van der Waals surface area contributed by atoms with Crippen molar-refractivity contribution in [2.75, 3.05) is 6.54 Å². The number of likely N-dealkylation sites (tertiary alicyclic amines) is 1. The summed E-state index contributed by atoms with van der Waals surface area (Å²) in [6, 6.07) is 6.08. The van der Waals surface area contributed by atoms with E-state index in [9.17, 15) is 14.4 Å². The smallest absolute Gasteiger partial charge is 0.246 e. The molecule has 9 heteroatoms. The number of benzene rings is 1. The second-order valence-corrected chi connectivity index (χ2v) is 7.15. The summed E-state index contributed by atoms with van der Waals surface area (Å²) >= 11 is 6.57. The Bertz CT molecular complexity index is 957. The summed E-state index contributed by atoms with van der Waals surface area (Å²) < 4.78 is 2.97. The Morgan fingerprint density at radius 2 is 2.00 bits per heavy atom. The van der Waals surface area contributed by atoms with Gasteiger partial charge in [-0.05, 0) is 36.8 Å². The van der Waals surface area contributed by atoms with Gasteiger partial charge in [0.25, 0.3) is 0 Å². The maximum absolute atomic E-state index is 12.0. The molecule has 2 aromatic rings. The minimum Gasteiger partial charge on any atom is -0.319 e. The van der Waals surface area contributed by atoms with Crippen LogP contribution in [0.5, 0.6) is 0 Å². The van der Waals surface area contributed by atoms with Crippen molar-refractivity contribution < 1.29 is 14.4 Å². The van der Waals surface area contributed by atoms with Crippen LogP contribution in [0.1, 0.15) is 18.4 Å². The number of thiocarbonyl (C=S) groups is 1. The van der Waals surface area contributed by atoms with Gasteiger partial charge in [0.15, 0.2) is 4.80 Å². The van der Waals surface area contributed by atoms with Crippen molar-refractivity contribution in [3.05, 3.63) is 28.6 Å². The number of nitrogens with zero attached hydrogens (tertiary/aromatic N) is 3. The van der Waals surface area contributed by atoms with E-state index in [-0.39, 0.29) is 36.3 Å². The average molecular weight is 376 g/mol. The quantitative estimate of drug-likeness (QED) is 0.626. The van der Waals surface area contributed by atoms with Crippen LogP contribution in [0, 0.1) is 6.92 Å². The van der Waals surface area contributed by atoms with Crippen LogP contribution in [-0.2, 0) is 21.4 Å². The number of imide groups is 1. The third kappa shape index (κ3) is 3.67. The third-order valence-corrected chi connectivity index (χ3v) is 5.15. The Balaban J connectivity index is 1.74. The number of amides is 3. The van der Waals surface area contributed by atoms with Crippen LogP contribution in [-0.4, -0.2) is 38.8 Å². The van der Waals surface area contributed by atoms with Crippen LogP contribution in [0.15, 0.2) is 23.2 Å². The number of aromatic nitrogens is 1. The lowest BCUT2D eigenvalue weighted by molar-refractivity contribution is -0.142. The molecule has 2 heterocycles. The van der Waals surface area contributed by atoms with E-state index >= 15 is 0 Å². The van der Waals surface area contributed by atoms with Crippen molar-refractivity contribution in [3.63, 3.8) is 0 Å². The number of hydrogen-bond donors (Lipinski definition) is 1. The third-order valence-electron chi connectivity index (χ3n) is 3.86. The van der Waals surface area contributed by atoms with E-state index in [0.717, 1.165) is 20.7 Å². The van der Waals surface area contributed by atoms with Gasteiger partial charge >= 0.3 is 0 Å². The number of fused-ring (bicyclic) bond motifs is 1. The van der Waals surface area contributed by atoms with E-state index in [1.807, 2.05) is 30.7 Å². The van der Waals surface area contributed by atoms with Crippen molar-refractivity contribution in [2.24, 2.45) is 12.0 Å². The first-order valence-corrected chi connectivity index (χ1v) is 8.85. The van der Waals surface area contributed by atoms with Gasteiger partial charge in [0.05, 0.1) is 10.2 Å². The molecular formula is C16H16N4O3S2. The van der Waals surface area contributed by atoms with Crippen molar-refractivity contribution in [2.45, 2.75) is 19.8 Å². The summed E-state index contributed by atoms with van der Waals surface area (Å²) in [5.41, 5.74) is 2.17. The molecule has 0 unspecified atom stereocenters. The molecule has 1 N–H and O–H groups in total. The largest absolute Gasteiger partial charge is 0.319 e. The molecule has 0 atom stereocenters. The Labute approximate surface area is 153 Å². The second kappa shape index (κ2) is 6.85. The molecule has 0 saturated carbocycles. The van der Waals surface area contributed by atoms with Crippen LogP contribution in [0.2, 0.25) is 0 Å². The Hall–Kier alpha value is -2.39. The molecular weight excluding hydrogens is 360 g/mol. The molecule has 0 spiro atoms. The number of aryl methyl sites for hydroxylation is 2. The summed E-state index contributed by atoms with van der Waals surface area (Å²) in [5.74, 6) is -1.21. The fraction of sp³-hybridized carbons (Fsp3) is 0.312. The maximum Gasteiger partial charge on any atom is 0.246 e. The molecule has 1 aromatic heterocycles. The summed E-state index contributed by atoms with van der Waals surface area (Å²) in [6.07, 6.45) is 0.302. The lowest BCUT2D eigenvalue weighted by Gasteiger charge is -2.12. The van der Waals surface area contributed by atoms with Gasteiger partial charge in [-0.25, -0.2) is 0 Å². The molecule has 1 aliphatic heterocycles. The highest BCUT2D eigenvalue weighted by Crippen LogP contribution is 2.17. The highest BCUT2D eigenvalue weighted by molar-refractivity contribution is 7.80. The number of rotatable bonds is 2. The first kappa shape index (κ1) is 17.4. The van der Waals surface area contributed by atoms with Crippen LogP contribution < -0.4 is 10.1 Å². The zero-order valence-corrected chi connectivity index (χ0v) is 15.4. The van der Waals surface area contributed by atoms with Gasteiger partial charge in [-0.2, -0.15) is 4.99 Å². The van der Waals surface area contributed by atoms with Gasteiger partial charge in [-0.3, -0.25) is 24.6 Å². The zero-order valence-electron chi connectivity index (χ0n) is 13.7. The predicted octanol–water partition coefficient (Wildman–Crippen LogP) is 0.999. The standard InChI is InChI=1S/C16H16N4O3S2/c1-9-3-4-10-11(7-9)25-16(19(10)2)18-15(24)17-12(21)8-20-13(22)5-6-14(20)23/h3-4,7H,5-6,8H2,1-2H3,(H,17,21,24)/b18-16-. The monoisotopic (exact) mass is 376 g/mol. The minimum absolute atomic E-state index is 0.00275. The molecule has 3 amide bonds. The summed E-state index contributed by atoms with van der Waals surface area (Å²) in [5, 5.41) is 2.46. The van der Waals surface area contributed by atoms with Gasteiger partial charge in [0, 0.05) is 19.9 Å². The second-order valence-electron chi connectivity index (χ2n) is 5.75. The van der Waals surface area contributed by atoms with Crippen molar-refractivity contribution in [3.8, 4) is 0 Å². The first-order valence-electron chi connectivity index (χ1n) is 7.63. The summed E-state index contributed by atoms with van der Waals surface area (Å²) in [7, 11) is 1.87. The average Bonchev–Trinajstić information content (AvgIpc) is 3.01. The molecule has 1 aliphatic rings. The predicted molar refractivity (Wildman–Crippen MR) is 97.8 cm³/mol. The molecule has 0 aliphatic carbocycles. The van der Waals surface area contributed by atoms with Gasteiger partial charge in [0.2, 0.25) is 22.8 Å². The molecule has 130 valence electrons. The van der Waals surface area contributed by atoms with Crippen LogP contribution >= 0.6 is 23.6 Å². The molecule has 0 bridgehead atoms. The van der Waals surface area contributed by atoms with Crippen molar-refractivity contribution in [1.29, 1.82) is 0 Å². The maximum atomic E-state index is 12.0.